The van der Waals surface area contributed by atoms with Gasteiger partial charge in [0.05, 0.1) is 33.4 Å². The van der Waals surface area contributed by atoms with Crippen LogP contribution < -0.4 is 0 Å². The number of rotatable bonds is 5. The third-order valence-corrected chi connectivity index (χ3v) is 11.1. The second-order valence-electron chi connectivity index (χ2n) is 14.1. The zero-order valence-electron chi connectivity index (χ0n) is 29.5. The Morgan fingerprint density at radius 3 is 1.33 bits per heavy atom. The average molecular weight is 687 g/mol. The predicted molar refractivity (Wildman–Crippen MR) is 229 cm³/mol. The Labute approximate surface area is 313 Å². The van der Waals surface area contributed by atoms with Crippen molar-refractivity contribution in [1.82, 2.24) is 9.13 Å². The van der Waals surface area contributed by atoms with E-state index >= 15 is 0 Å². The van der Waals surface area contributed by atoms with Gasteiger partial charge >= 0.3 is 0 Å². The molecule has 0 bridgehead atoms. The van der Waals surface area contributed by atoms with Gasteiger partial charge in [-0.25, -0.2) is 0 Å². The fourth-order valence-corrected chi connectivity index (χ4v) is 8.71. The normalized spacial score (nSPS) is 11.7. The van der Waals surface area contributed by atoms with Crippen molar-refractivity contribution in [2.24, 2.45) is 0 Å². The summed E-state index contributed by atoms with van der Waals surface area (Å²) in [6.07, 6.45) is 0. The number of nitrogens with zero attached hydrogens (tertiary/aromatic N) is 2. The van der Waals surface area contributed by atoms with E-state index in [0.29, 0.717) is 0 Å². The molecule has 0 aliphatic rings. The summed E-state index contributed by atoms with van der Waals surface area (Å²) in [6, 6.07) is 75.2. The molecule has 0 saturated heterocycles. The summed E-state index contributed by atoms with van der Waals surface area (Å²) < 4.78 is 4.88. The van der Waals surface area contributed by atoms with Gasteiger partial charge in [0.2, 0.25) is 0 Å². The largest absolute Gasteiger partial charge is 0.309 e. The lowest BCUT2D eigenvalue weighted by atomic mass is 9.97. The Hall–Kier alpha value is -7.16. The first-order valence-corrected chi connectivity index (χ1v) is 18.6. The van der Waals surface area contributed by atoms with Gasteiger partial charge in [-0.1, -0.05) is 158 Å². The van der Waals surface area contributed by atoms with Gasteiger partial charge in [0.15, 0.2) is 0 Å². The minimum atomic E-state index is 1.18. The lowest BCUT2D eigenvalue weighted by molar-refractivity contribution is 1.18. The topological polar surface area (TPSA) is 9.86 Å². The maximum Gasteiger partial charge on any atom is 0.0541 e. The van der Waals surface area contributed by atoms with Crippen LogP contribution in [0.1, 0.15) is 0 Å². The van der Waals surface area contributed by atoms with E-state index in [1.165, 1.54) is 99.1 Å². The van der Waals surface area contributed by atoms with Crippen LogP contribution in [0.15, 0.2) is 206 Å². The molecule has 2 aromatic heterocycles. The molecule has 11 rings (SSSR count). The Kier molecular flexibility index (Phi) is 6.90. The number of fused-ring (bicyclic) bond motifs is 7. The smallest absolute Gasteiger partial charge is 0.0541 e. The van der Waals surface area contributed by atoms with Gasteiger partial charge < -0.3 is 9.13 Å². The molecule has 0 N–H and O–H groups in total. The third-order valence-electron chi connectivity index (χ3n) is 11.1. The standard InChI is InChI=1S/C52H34N2/c1-2-15-36(16-3-1)40-20-6-10-25-47(40)53-49-27-12-8-22-43(49)45-33-37(29-31-51(45)53)38-30-32-52-46(34-38)44-23-9-13-28-50(44)54(52)48-26-11-7-21-42(48)41-24-14-18-35-17-4-5-19-39(35)41/h1-34H. The molecule has 0 spiro atoms. The summed E-state index contributed by atoms with van der Waals surface area (Å²) in [5.41, 5.74) is 14.5. The molecule has 0 radical (unpaired) electrons. The molecule has 0 unspecified atom stereocenters. The minimum Gasteiger partial charge on any atom is -0.309 e. The maximum atomic E-state index is 2.45. The summed E-state index contributed by atoms with van der Waals surface area (Å²) in [7, 11) is 0. The molecule has 2 nitrogen and oxygen atoms in total. The fourth-order valence-electron chi connectivity index (χ4n) is 8.71. The number of hydrogen-bond donors (Lipinski definition) is 0. The number of aromatic nitrogens is 2. The lowest BCUT2D eigenvalue weighted by Crippen LogP contribution is -1.97. The van der Waals surface area contributed by atoms with Crippen LogP contribution in [-0.2, 0) is 0 Å². The van der Waals surface area contributed by atoms with E-state index in [1.807, 2.05) is 0 Å². The van der Waals surface area contributed by atoms with Crippen LogP contribution in [0.3, 0.4) is 0 Å². The molecule has 54 heavy (non-hydrogen) atoms. The highest BCUT2D eigenvalue weighted by Crippen LogP contribution is 2.41. The molecule has 0 amide bonds. The van der Waals surface area contributed by atoms with Crippen LogP contribution in [0.4, 0.5) is 0 Å². The summed E-state index contributed by atoms with van der Waals surface area (Å²) in [4.78, 5) is 0. The van der Waals surface area contributed by atoms with E-state index in [9.17, 15) is 0 Å². The van der Waals surface area contributed by atoms with Gasteiger partial charge in [0.1, 0.15) is 0 Å². The van der Waals surface area contributed by atoms with E-state index in [2.05, 4.69) is 215 Å². The van der Waals surface area contributed by atoms with Crippen molar-refractivity contribution in [3.8, 4) is 44.8 Å². The molecule has 2 heteroatoms. The van der Waals surface area contributed by atoms with Crippen molar-refractivity contribution < 1.29 is 0 Å². The van der Waals surface area contributed by atoms with Crippen LogP contribution in [0.5, 0.6) is 0 Å². The fraction of sp³-hybridized carbons (Fsp3) is 0. The van der Waals surface area contributed by atoms with Crippen molar-refractivity contribution in [2.75, 3.05) is 0 Å². The van der Waals surface area contributed by atoms with Crippen LogP contribution >= 0.6 is 0 Å². The van der Waals surface area contributed by atoms with Gasteiger partial charge in [-0.15, -0.1) is 0 Å². The van der Waals surface area contributed by atoms with Gasteiger partial charge in [-0.2, -0.15) is 0 Å². The maximum absolute atomic E-state index is 2.45. The number of hydrogen-bond acceptors (Lipinski definition) is 0. The minimum absolute atomic E-state index is 1.18. The Bertz CT molecular complexity index is 3210. The van der Waals surface area contributed by atoms with Gasteiger partial charge in [-0.3, -0.25) is 0 Å². The van der Waals surface area contributed by atoms with Crippen molar-refractivity contribution in [1.29, 1.82) is 0 Å². The summed E-state index contributed by atoms with van der Waals surface area (Å²) in [5.74, 6) is 0. The van der Waals surface area contributed by atoms with Crippen LogP contribution in [-0.4, -0.2) is 9.13 Å². The SMILES string of the molecule is c1ccc(-c2ccccc2-n2c3ccccc3c3cc(-c4ccc5c(c4)c4ccccc4n5-c4ccccc4-c4cccc5ccccc45)ccc32)cc1. The molecular weight excluding hydrogens is 653 g/mol. The van der Waals surface area contributed by atoms with Crippen molar-refractivity contribution in [3.05, 3.63) is 206 Å². The van der Waals surface area contributed by atoms with Crippen LogP contribution in [0.2, 0.25) is 0 Å². The van der Waals surface area contributed by atoms with Crippen molar-refractivity contribution >= 4 is 54.4 Å². The Balaban J connectivity index is 1.10. The van der Waals surface area contributed by atoms with Crippen molar-refractivity contribution in [3.63, 3.8) is 0 Å². The van der Waals surface area contributed by atoms with Gasteiger partial charge in [0.25, 0.3) is 0 Å². The van der Waals surface area contributed by atoms with E-state index < -0.39 is 0 Å². The average Bonchev–Trinajstić information content (AvgIpc) is 3.76. The highest BCUT2D eigenvalue weighted by molar-refractivity contribution is 6.13. The first-order valence-electron chi connectivity index (χ1n) is 18.6. The summed E-state index contributed by atoms with van der Waals surface area (Å²) in [6.45, 7) is 0. The molecule has 0 aliphatic carbocycles. The molecule has 252 valence electrons. The molecular formula is C52H34N2. The molecule has 11 aromatic rings. The first kappa shape index (κ1) is 30.5. The molecule has 9 aromatic carbocycles. The Morgan fingerprint density at radius 2 is 0.685 bits per heavy atom. The number of para-hydroxylation sites is 4. The number of benzene rings is 9. The van der Waals surface area contributed by atoms with E-state index in [4.69, 9.17) is 0 Å². The molecule has 0 fully saturated rings. The molecule has 0 saturated carbocycles. The highest BCUT2D eigenvalue weighted by Gasteiger charge is 2.19. The second-order valence-corrected chi connectivity index (χ2v) is 14.1. The highest BCUT2D eigenvalue weighted by atomic mass is 15.0. The zero-order chi connectivity index (χ0) is 35.6. The van der Waals surface area contributed by atoms with Gasteiger partial charge in [-0.05, 0) is 81.6 Å². The second kappa shape index (κ2) is 12.2. The monoisotopic (exact) mass is 686 g/mol. The predicted octanol–water partition coefficient (Wildman–Crippen LogP) is 14.0. The first-order chi connectivity index (χ1) is 26.8. The molecule has 0 aliphatic heterocycles. The van der Waals surface area contributed by atoms with E-state index in [0.717, 1.165) is 0 Å². The lowest BCUT2D eigenvalue weighted by Gasteiger charge is -2.16. The summed E-state index contributed by atoms with van der Waals surface area (Å²) >= 11 is 0. The van der Waals surface area contributed by atoms with Crippen LogP contribution in [0, 0.1) is 0 Å². The zero-order valence-corrected chi connectivity index (χ0v) is 29.5. The molecule has 0 atom stereocenters. The van der Waals surface area contributed by atoms with Crippen molar-refractivity contribution in [2.45, 2.75) is 0 Å². The van der Waals surface area contributed by atoms with Gasteiger partial charge in [0, 0.05) is 32.7 Å². The van der Waals surface area contributed by atoms with E-state index in [1.54, 1.807) is 0 Å². The molecule has 2 heterocycles. The Morgan fingerprint density at radius 1 is 0.241 bits per heavy atom. The van der Waals surface area contributed by atoms with E-state index in [-0.39, 0.29) is 0 Å². The van der Waals surface area contributed by atoms with Crippen LogP contribution in [0.25, 0.3) is 99.1 Å². The summed E-state index contributed by atoms with van der Waals surface area (Å²) in [5, 5.41) is 7.50. The quantitative estimate of drug-likeness (QED) is 0.171. The third kappa shape index (κ3) is 4.67.